The second-order valence-electron chi connectivity index (χ2n) is 7.02. The predicted molar refractivity (Wildman–Crippen MR) is 109 cm³/mol. The Labute approximate surface area is 160 Å². The van der Waals surface area contributed by atoms with Gasteiger partial charge in [-0.25, -0.2) is 0 Å². The molecule has 2 aromatic rings. The highest BCUT2D eigenvalue weighted by molar-refractivity contribution is 7.99. The zero-order valence-corrected chi connectivity index (χ0v) is 16.2. The van der Waals surface area contributed by atoms with Crippen molar-refractivity contribution in [1.82, 2.24) is 5.32 Å². The van der Waals surface area contributed by atoms with Crippen molar-refractivity contribution in [3.05, 3.63) is 71.3 Å². The van der Waals surface area contributed by atoms with Crippen LogP contribution in [-0.4, -0.2) is 31.4 Å². The number of thioether (sulfide) groups is 1. The Morgan fingerprint density at radius 1 is 1.12 bits per heavy atom. The van der Waals surface area contributed by atoms with E-state index in [-0.39, 0.29) is 11.3 Å². The van der Waals surface area contributed by atoms with Crippen LogP contribution in [0.5, 0.6) is 0 Å². The quantitative estimate of drug-likeness (QED) is 0.799. The van der Waals surface area contributed by atoms with E-state index < -0.39 is 0 Å². The molecule has 1 saturated heterocycles. The first-order valence-corrected chi connectivity index (χ1v) is 10.4. The molecule has 3 nitrogen and oxygen atoms in total. The van der Waals surface area contributed by atoms with Crippen LogP contribution < -0.4 is 5.32 Å². The van der Waals surface area contributed by atoms with E-state index in [1.165, 1.54) is 16.7 Å². The Morgan fingerprint density at radius 2 is 1.88 bits per heavy atom. The third kappa shape index (κ3) is 5.12. The lowest BCUT2D eigenvalue weighted by atomic mass is 9.74. The minimum Gasteiger partial charge on any atom is -0.381 e. The summed E-state index contributed by atoms with van der Waals surface area (Å²) in [6, 6.07) is 19.0. The van der Waals surface area contributed by atoms with Crippen molar-refractivity contribution in [3.8, 4) is 0 Å². The number of amides is 1. The molecule has 1 heterocycles. The number of hydrogen-bond acceptors (Lipinski definition) is 3. The van der Waals surface area contributed by atoms with Crippen molar-refractivity contribution >= 4 is 17.7 Å². The summed E-state index contributed by atoms with van der Waals surface area (Å²) < 4.78 is 5.56. The van der Waals surface area contributed by atoms with E-state index in [1.807, 2.05) is 6.07 Å². The lowest BCUT2D eigenvalue weighted by molar-refractivity contribution is -0.119. The van der Waals surface area contributed by atoms with Crippen LogP contribution in [-0.2, 0) is 20.7 Å². The van der Waals surface area contributed by atoms with Crippen LogP contribution in [0.15, 0.2) is 54.6 Å². The van der Waals surface area contributed by atoms with Gasteiger partial charge in [0.25, 0.3) is 0 Å². The van der Waals surface area contributed by atoms with E-state index >= 15 is 0 Å². The molecular formula is C22H27NO2S. The second-order valence-corrected chi connectivity index (χ2v) is 8.00. The van der Waals surface area contributed by atoms with Crippen molar-refractivity contribution in [1.29, 1.82) is 0 Å². The summed E-state index contributed by atoms with van der Waals surface area (Å²) in [6.07, 6.45) is 1.90. The van der Waals surface area contributed by atoms with Crippen molar-refractivity contribution in [2.75, 3.05) is 25.5 Å². The molecule has 1 fully saturated rings. The molecule has 1 aliphatic rings. The first kappa shape index (κ1) is 19.0. The van der Waals surface area contributed by atoms with Crippen LogP contribution in [0.3, 0.4) is 0 Å². The van der Waals surface area contributed by atoms with Gasteiger partial charge in [-0.2, -0.15) is 0 Å². The zero-order chi connectivity index (χ0) is 18.2. The Hall–Kier alpha value is -1.78. The van der Waals surface area contributed by atoms with E-state index in [9.17, 15) is 4.79 Å². The topological polar surface area (TPSA) is 38.3 Å². The van der Waals surface area contributed by atoms with Gasteiger partial charge in [0.2, 0.25) is 5.91 Å². The number of carbonyl (C=O) groups is 1. The first-order chi connectivity index (χ1) is 12.7. The van der Waals surface area contributed by atoms with E-state index in [0.717, 1.165) is 31.8 Å². The van der Waals surface area contributed by atoms with Gasteiger partial charge in [-0.15, -0.1) is 11.8 Å². The highest BCUT2D eigenvalue weighted by Crippen LogP contribution is 2.34. The fourth-order valence-electron chi connectivity index (χ4n) is 3.50. The standard InChI is InChI=1S/C22H27NO2S/c1-18-6-5-7-19(14-18)15-26-16-21(24)23-17-22(10-12-25-13-11-22)20-8-3-2-4-9-20/h2-9,14H,10-13,15-17H2,1H3,(H,23,24). The van der Waals surface area contributed by atoms with Gasteiger partial charge >= 0.3 is 0 Å². The van der Waals surface area contributed by atoms with Crippen LogP contribution in [0.4, 0.5) is 0 Å². The van der Waals surface area contributed by atoms with E-state index in [4.69, 9.17) is 4.74 Å². The van der Waals surface area contributed by atoms with E-state index in [2.05, 4.69) is 60.8 Å². The summed E-state index contributed by atoms with van der Waals surface area (Å²) in [6.45, 7) is 4.29. The van der Waals surface area contributed by atoms with Crippen LogP contribution in [0, 0.1) is 6.92 Å². The van der Waals surface area contributed by atoms with Crippen molar-refractivity contribution in [2.45, 2.75) is 30.9 Å². The monoisotopic (exact) mass is 369 g/mol. The molecule has 1 N–H and O–H groups in total. The predicted octanol–water partition coefficient (Wildman–Crippen LogP) is 4.09. The molecule has 0 aromatic heterocycles. The molecule has 3 rings (SSSR count). The minimum atomic E-state index is -0.00359. The number of hydrogen-bond donors (Lipinski definition) is 1. The molecule has 0 bridgehead atoms. The van der Waals surface area contributed by atoms with E-state index in [1.54, 1.807) is 11.8 Å². The van der Waals surface area contributed by atoms with Gasteiger partial charge in [0.15, 0.2) is 0 Å². The summed E-state index contributed by atoms with van der Waals surface area (Å²) in [5.41, 5.74) is 3.83. The van der Waals surface area contributed by atoms with Crippen LogP contribution >= 0.6 is 11.8 Å². The molecule has 0 saturated carbocycles. The van der Waals surface area contributed by atoms with Crippen molar-refractivity contribution in [2.24, 2.45) is 0 Å². The molecule has 138 valence electrons. The Morgan fingerprint density at radius 3 is 2.62 bits per heavy atom. The molecule has 0 atom stereocenters. The molecular weight excluding hydrogens is 342 g/mol. The maximum atomic E-state index is 12.4. The lowest BCUT2D eigenvalue weighted by Gasteiger charge is -2.38. The van der Waals surface area contributed by atoms with Crippen molar-refractivity contribution < 1.29 is 9.53 Å². The third-order valence-electron chi connectivity index (χ3n) is 5.04. The maximum Gasteiger partial charge on any atom is 0.230 e. The molecule has 1 amide bonds. The number of nitrogens with one attached hydrogen (secondary N) is 1. The number of rotatable bonds is 7. The highest BCUT2D eigenvalue weighted by Gasteiger charge is 2.34. The number of benzene rings is 2. The van der Waals surface area contributed by atoms with Gasteiger partial charge in [-0.3, -0.25) is 4.79 Å². The Bertz CT molecular complexity index is 711. The fraction of sp³-hybridized carbons (Fsp3) is 0.409. The zero-order valence-electron chi connectivity index (χ0n) is 15.4. The van der Waals surface area contributed by atoms with Gasteiger partial charge in [0.1, 0.15) is 0 Å². The average molecular weight is 370 g/mol. The first-order valence-electron chi connectivity index (χ1n) is 9.21. The van der Waals surface area contributed by atoms with Gasteiger partial charge < -0.3 is 10.1 Å². The minimum absolute atomic E-state index is 0.00359. The maximum absolute atomic E-state index is 12.4. The fourth-order valence-corrected chi connectivity index (χ4v) is 4.31. The average Bonchev–Trinajstić information content (AvgIpc) is 2.68. The van der Waals surface area contributed by atoms with Gasteiger partial charge in [0, 0.05) is 30.9 Å². The summed E-state index contributed by atoms with van der Waals surface area (Å²) in [4.78, 5) is 12.4. The number of carbonyl (C=O) groups excluding carboxylic acids is 1. The van der Waals surface area contributed by atoms with Crippen LogP contribution in [0.25, 0.3) is 0 Å². The second kappa shape index (κ2) is 9.24. The lowest BCUT2D eigenvalue weighted by Crippen LogP contribution is -2.45. The summed E-state index contributed by atoms with van der Waals surface area (Å²) in [5, 5.41) is 3.17. The SMILES string of the molecule is Cc1cccc(CSCC(=O)NCC2(c3ccccc3)CCOCC2)c1. The largest absolute Gasteiger partial charge is 0.381 e. The van der Waals surface area contributed by atoms with Gasteiger partial charge in [0.05, 0.1) is 5.75 Å². The van der Waals surface area contributed by atoms with Crippen LogP contribution in [0.2, 0.25) is 0 Å². The van der Waals surface area contributed by atoms with Crippen molar-refractivity contribution in [3.63, 3.8) is 0 Å². The van der Waals surface area contributed by atoms with Crippen LogP contribution in [0.1, 0.15) is 29.5 Å². The number of aryl methyl sites for hydroxylation is 1. The molecule has 0 unspecified atom stereocenters. The molecule has 4 heteroatoms. The van der Waals surface area contributed by atoms with Gasteiger partial charge in [-0.1, -0.05) is 60.2 Å². The molecule has 0 aliphatic carbocycles. The molecule has 0 spiro atoms. The normalized spacial score (nSPS) is 16.2. The van der Waals surface area contributed by atoms with E-state index in [0.29, 0.717) is 12.3 Å². The van der Waals surface area contributed by atoms with Gasteiger partial charge in [-0.05, 0) is 30.9 Å². The smallest absolute Gasteiger partial charge is 0.230 e. The highest BCUT2D eigenvalue weighted by atomic mass is 32.2. The summed E-state index contributed by atoms with van der Waals surface area (Å²) in [5.74, 6) is 1.48. The Kier molecular flexibility index (Phi) is 6.75. The summed E-state index contributed by atoms with van der Waals surface area (Å²) in [7, 11) is 0. The molecule has 2 aromatic carbocycles. The molecule has 0 radical (unpaired) electrons. The summed E-state index contributed by atoms with van der Waals surface area (Å²) >= 11 is 1.67. The Balaban J connectivity index is 1.51. The molecule has 26 heavy (non-hydrogen) atoms. The number of ether oxygens (including phenoxy) is 1. The third-order valence-corrected chi connectivity index (χ3v) is 6.05. The molecule has 1 aliphatic heterocycles.